The second-order valence-corrected chi connectivity index (χ2v) is 4.70. The largest absolute Gasteiger partial charge is 0.381 e. The van der Waals surface area contributed by atoms with Gasteiger partial charge in [0.25, 0.3) is 5.56 Å². The minimum Gasteiger partial charge on any atom is -0.381 e. The predicted octanol–water partition coefficient (Wildman–Crippen LogP) is 1.24. The van der Waals surface area contributed by atoms with Crippen molar-refractivity contribution in [2.24, 2.45) is 0 Å². The topological polar surface area (TPSA) is 56.1 Å². The molecule has 2 rings (SSSR count). The maximum absolute atomic E-state index is 11.8. The molecule has 0 bridgehead atoms. The van der Waals surface area contributed by atoms with Crippen LogP contribution in [0.4, 0.5) is 5.69 Å². The fourth-order valence-electron chi connectivity index (χ4n) is 1.96. The molecular formula is C12H19N3O2. The van der Waals surface area contributed by atoms with Gasteiger partial charge in [0.15, 0.2) is 0 Å². The highest BCUT2D eigenvalue weighted by atomic mass is 16.5. The maximum Gasteiger partial charge on any atom is 0.268 e. The van der Waals surface area contributed by atoms with Crippen molar-refractivity contribution in [2.45, 2.75) is 45.4 Å². The molecule has 0 radical (unpaired) electrons. The quantitative estimate of drug-likeness (QED) is 0.856. The van der Waals surface area contributed by atoms with Crippen LogP contribution in [0.1, 0.15) is 26.7 Å². The van der Waals surface area contributed by atoms with Crippen molar-refractivity contribution >= 4 is 5.69 Å². The lowest BCUT2D eigenvalue weighted by atomic mass is 10.2. The highest BCUT2D eigenvalue weighted by molar-refractivity contribution is 5.39. The van der Waals surface area contributed by atoms with E-state index in [2.05, 4.69) is 10.4 Å². The molecule has 5 heteroatoms. The van der Waals surface area contributed by atoms with Crippen LogP contribution in [-0.2, 0) is 11.3 Å². The van der Waals surface area contributed by atoms with Crippen LogP contribution in [0.15, 0.2) is 17.1 Å². The lowest BCUT2D eigenvalue weighted by molar-refractivity contribution is 0.0927. The summed E-state index contributed by atoms with van der Waals surface area (Å²) in [6.45, 7) is 5.41. The van der Waals surface area contributed by atoms with E-state index in [0.717, 1.165) is 25.1 Å². The summed E-state index contributed by atoms with van der Waals surface area (Å²) in [4.78, 5) is 11.8. The minimum atomic E-state index is -0.0776. The summed E-state index contributed by atoms with van der Waals surface area (Å²) < 4.78 is 6.97. The van der Waals surface area contributed by atoms with Gasteiger partial charge in [0.1, 0.15) is 0 Å². The van der Waals surface area contributed by atoms with E-state index in [4.69, 9.17) is 4.74 Å². The van der Waals surface area contributed by atoms with Crippen LogP contribution in [0.2, 0.25) is 0 Å². The predicted molar refractivity (Wildman–Crippen MR) is 66.2 cm³/mol. The zero-order chi connectivity index (χ0) is 12.3. The Hall–Kier alpha value is -1.36. The Kier molecular flexibility index (Phi) is 3.78. The van der Waals surface area contributed by atoms with Gasteiger partial charge in [-0.2, -0.15) is 5.10 Å². The molecule has 1 N–H and O–H groups in total. The number of nitrogens with one attached hydrogen (secondary N) is 1. The molecule has 1 unspecified atom stereocenters. The summed E-state index contributed by atoms with van der Waals surface area (Å²) in [6.07, 6.45) is 3.92. The molecule has 1 aliphatic heterocycles. The third-order valence-corrected chi connectivity index (χ3v) is 2.73. The molecule has 0 amide bonds. The Balaban J connectivity index is 2.05. The van der Waals surface area contributed by atoms with Gasteiger partial charge in [-0.3, -0.25) is 4.79 Å². The highest BCUT2D eigenvalue weighted by Crippen LogP contribution is 2.13. The Labute approximate surface area is 101 Å². The molecular weight excluding hydrogens is 218 g/mol. The van der Waals surface area contributed by atoms with Gasteiger partial charge >= 0.3 is 0 Å². The average Bonchev–Trinajstić information content (AvgIpc) is 2.74. The molecule has 1 saturated heterocycles. The molecule has 1 atom stereocenters. The molecule has 0 aliphatic carbocycles. The summed E-state index contributed by atoms with van der Waals surface area (Å²) in [7, 11) is 0. The van der Waals surface area contributed by atoms with Crippen molar-refractivity contribution in [3.8, 4) is 0 Å². The van der Waals surface area contributed by atoms with Crippen molar-refractivity contribution < 1.29 is 4.74 Å². The van der Waals surface area contributed by atoms with Crippen molar-refractivity contribution in [3.63, 3.8) is 0 Å². The molecule has 5 nitrogen and oxygen atoms in total. The smallest absolute Gasteiger partial charge is 0.268 e. The van der Waals surface area contributed by atoms with E-state index in [0.29, 0.717) is 12.6 Å². The lowest BCUT2D eigenvalue weighted by Gasteiger charge is -2.12. The minimum absolute atomic E-state index is 0.0776. The van der Waals surface area contributed by atoms with Crippen LogP contribution in [0.5, 0.6) is 0 Å². The molecule has 1 aliphatic rings. The van der Waals surface area contributed by atoms with E-state index in [1.807, 2.05) is 13.8 Å². The average molecular weight is 237 g/mol. The van der Waals surface area contributed by atoms with Crippen molar-refractivity contribution in [3.05, 3.63) is 22.6 Å². The Bertz CT molecular complexity index is 422. The van der Waals surface area contributed by atoms with Gasteiger partial charge in [-0.1, -0.05) is 0 Å². The van der Waals surface area contributed by atoms with E-state index in [1.54, 1.807) is 12.3 Å². The van der Waals surface area contributed by atoms with Crippen molar-refractivity contribution in [1.82, 2.24) is 9.78 Å². The first kappa shape index (κ1) is 12.1. The van der Waals surface area contributed by atoms with E-state index in [-0.39, 0.29) is 11.7 Å². The van der Waals surface area contributed by atoms with Crippen LogP contribution in [-0.4, -0.2) is 28.5 Å². The number of hydrogen-bond donors (Lipinski definition) is 1. The molecule has 17 heavy (non-hydrogen) atoms. The molecule has 0 saturated carbocycles. The second-order valence-electron chi connectivity index (χ2n) is 4.70. The van der Waals surface area contributed by atoms with Gasteiger partial charge in [0.05, 0.1) is 24.5 Å². The van der Waals surface area contributed by atoms with Gasteiger partial charge in [-0.25, -0.2) is 4.68 Å². The van der Waals surface area contributed by atoms with E-state index >= 15 is 0 Å². The van der Waals surface area contributed by atoms with Gasteiger partial charge in [0.2, 0.25) is 0 Å². The first-order valence-electron chi connectivity index (χ1n) is 6.10. The SMILES string of the molecule is CC(C)Nc1cnn(CC2CCCO2)c(=O)c1. The van der Waals surface area contributed by atoms with Gasteiger partial charge in [0, 0.05) is 18.7 Å². The number of ether oxygens (including phenoxy) is 1. The van der Waals surface area contributed by atoms with Crippen LogP contribution < -0.4 is 10.9 Å². The molecule has 0 spiro atoms. The van der Waals surface area contributed by atoms with Crippen LogP contribution >= 0.6 is 0 Å². The monoisotopic (exact) mass is 237 g/mol. The number of nitrogens with zero attached hydrogens (tertiary/aromatic N) is 2. The molecule has 1 fully saturated rings. The van der Waals surface area contributed by atoms with E-state index < -0.39 is 0 Å². The zero-order valence-electron chi connectivity index (χ0n) is 10.3. The zero-order valence-corrected chi connectivity index (χ0v) is 10.3. The third-order valence-electron chi connectivity index (χ3n) is 2.73. The standard InChI is InChI=1S/C12H19N3O2/c1-9(2)14-10-6-12(16)15(13-7-10)8-11-4-3-5-17-11/h6-7,9,11,14H,3-5,8H2,1-2H3. The molecule has 94 valence electrons. The fourth-order valence-corrected chi connectivity index (χ4v) is 1.96. The van der Waals surface area contributed by atoms with Crippen LogP contribution in [0.25, 0.3) is 0 Å². The maximum atomic E-state index is 11.8. The van der Waals surface area contributed by atoms with Gasteiger partial charge in [-0.15, -0.1) is 0 Å². The summed E-state index contributed by atoms with van der Waals surface area (Å²) in [5.74, 6) is 0. The highest BCUT2D eigenvalue weighted by Gasteiger charge is 2.16. The fraction of sp³-hybridized carbons (Fsp3) is 0.667. The molecule has 1 aromatic heterocycles. The lowest BCUT2D eigenvalue weighted by Crippen LogP contribution is -2.28. The Morgan fingerprint density at radius 2 is 2.47 bits per heavy atom. The summed E-state index contributed by atoms with van der Waals surface area (Å²) >= 11 is 0. The Morgan fingerprint density at radius 1 is 1.65 bits per heavy atom. The van der Waals surface area contributed by atoms with Crippen molar-refractivity contribution in [1.29, 1.82) is 0 Å². The first-order chi connectivity index (χ1) is 8.15. The van der Waals surface area contributed by atoms with Gasteiger partial charge in [-0.05, 0) is 26.7 Å². The normalized spacial score (nSPS) is 19.8. The molecule has 2 heterocycles. The molecule has 0 aromatic carbocycles. The van der Waals surface area contributed by atoms with Gasteiger partial charge < -0.3 is 10.1 Å². The number of anilines is 1. The van der Waals surface area contributed by atoms with Crippen LogP contribution in [0.3, 0.4) is 0 Å². The van der Waals surface area contributed by atoms with E-state index in [1.165, 1.54) is 4.68 Å². The molecule has 1 aromatic rings. The summed E-state index contributed by atoms with van der Waals surface area (Å²) in [5, 5.41) is 7.32. The number of hydrogen-bond acceptors (Lipinski definition) is 4. The van der Waals surface area contributed by atoms with E-state index in [9.17, 15) is 4.79 Å². The summed E-state index contributed by atoms with van der Waals surface area (Å²) in [5.41, 5.74) is 0.694. The second kappa shape index (κ2) is 5.31. The number of rotatable bonds is 4. The summed E-state index contributed by atoms with van der Waals surface area (Å²) in [6, 6.07) is 1.88. The number of aromatic nitrogens is 2. The van der Waals surface area contributed by atoms with Crippen LogP contribution in [0, 0.1) is 0 Å². The Morgan fingerprint density at radius 3 is 3.06 bits per heavy atom. The first-order valence-corrected chi connectivity index (χ1v) is 6.10. The van der Waals surface area contributed by atoms with Crippen molar-refractivity contribution in [2.75, 3.05) is 11.9 Å². The third kappa shape index (κ3) is 3.30.